The van der Waals surface area contributed by atoms with Crippen LogP contribution in [0.25, 0.3) is 0 Å². The maximum atomic E-state index is 9.82. The van der Waals surface area contributed by atoms with Gasteiger partial charge in [0.25, 0.3) is 0 Å². The summed E-state index contributed by atoms with van der Waals surface area (Å²) in [4.78, 5) is 9.82. The number of nitrogens with two attached hydrogens (primary N) is 1. The lowest BCUT2D eigenvalue weighted by molar-refractivity contribution is -0.111. The molecule has 2 atom stereocenters. The topological polar surface area (TPSA) is 63.3 Å². The molecule has 0 aliphatic rings. The summed E-state index contributed by atoms with van der Waals surface area (Å²) >= 11 is 0. The lowest BCUT2D eigenvalue weighted by Crippen LogP contribution is -2.35. The lowest BCUT2D eigenvalue weighted by atomic mass is 10.1. The zero-order valence-corrected chi connectivity index (χ0v) is 4.87. The third-order valence-electron chi connectivity index (χ3n) is 1.02. The summed E-state index contributed by atoms with van der Waals surface area (Å²) in [7, 11) is 0. The highest BCUT2D eigenvalue weighted by Crippen LogP contribution is 1.90. The van der Waals surface area contributed by atoms with Gasteiger partial charge in [-0.25, -0.2) is 0 Å². The molecule has 3 heteroatoms. The summed E-state index contributed by atoms with van der Waals surface area (Å²) in [6.07, 6.45) is 0.404. The van der Waals surface area contributed by atoms with Crippen LogP contribution in [0.1, 0.15) is 13.3 Å². The zero-order valence-electron chi connectivity index (χ0n) is 4.87. The Balaban J connectivity index is 3.44. The largest absolute Gasteiger partial charge is 0.391 e. The van der Waals surface area contributed by atoms with E-state index in [0.717, 1.165) is 0 Å². The quantitative estimate of drug-likeness (QED) is 0.480. The van der Waals surface area contributed by atoms with Gasteiger partial charge in [-0.3, -0.25) is 0 Å². The molecule has 0 aromatic carbocycles. The molecule has 0 aromatic rings. The molecule has 8 heavy (non-hydrogen) atoms. The summed E-state index contributed by atoms with van der Waals surface area (Å²) in [5.74, 6) is 0. The van der Waals surface area contributed by atoms with Gasteiger partial charge in [-0.05, 0) is 6.42 Å². The van der Waals surface area contributed by atoms with E-state index >= 15 is 0 Å². The van der Waals surface area contributed by atoms with Crippen LogP contribution in [0.5, 0.6) is 0 Å². The molecule has 0 rings (SSSR count). The highest BCUT2D eigenvalue weighted by atomic mass is 16.3. The van der Waals surface area contributed by atoms with E-state index in [2.05, 4.69) is 0 Å². The third-order valence-corrected chi connectivity index (χ3v) is 1.02. The van der Waals surface area contributed by atoms with Crippen LogP contribution in [0.3, 0.4) is 0 Å². The van der Waals surface area contributed by atoms with E-state index in [9.17, 15) is 4.79 Å². The van der Waals surface area contributed by atoms with Crippen molar-refractivity contribution in [2.45, 2.75) is 25.5 Å². The van der Waals surface area contributed by atoms with Crippen molar-refractivity contribution < 1.29 is 9.90 Å². The van der Waals surface area contributed by atoms with Crippen molar-refractivity contribution in [2.24, 2.45) is 5.73 Å². The lowest BCUT2D eigenvalue weighted by Gasteiger charge is -2.08. The molecule has 0 saturated heterocycles. The van der Waals surface area contributed by atoms with Crippen molar-refractivity contribution in [1.29, 1.82) is 0 Å². The Bertz CT molecular complexity index is 74.8. The molecule has 48 valence electrons. The van der Waals surface area contributed by atoms with Crippen LogP contribution in [0.15, 0.2) is 0 Å². The average molecular weight is 117 g/mol. The zero-order chi connectivity index (χ0) is 6.57. The number of aliphatic hydroxyl groups excluding tert-OH is 1. The first kappa shape index (κ1) is 7.59. The van der Waals surface area contributed by atoms with Gasteiger partial charge < -0.3 is 15.6 Å². The van der Waals surface area contributed by atoms with Crippen molar-refractivity contribution >= 4 is 6.29 Å². The van der Waals surface area contributed by atoms with Crippen LogP contribution in [0.2, 0.25) is 0 Å². The van der Waals surface area contributed by atoms with Gasteiger partial charge in [-0.15, -0.1) is 0 Å². The van der Waals surface area contributed by atoms with E-state index in [1.54, 1.807) is 6.92 Å². The molecule has 0 heterocycles. The molecule has 0 aliphatic carbocycles. The van der Waals surface area contributed by atoms with Crippen molar-refractivity contribution in [3.8, 4) is 0 Å². The number of hydrogen-bond acceptors (Lipinski definition) is 3. The Kier molecular flexibility index (Phi) is 3.39. The summed E-state index contributed by atoms with van der Waals surface area (Å²) in [5, 5.41) is 8.77. The Morgan fingerprint density at radius 2 is 2.38 bits per heavy atom. The highest BCUT2D eigenvalue weighted by Gasteiger charge is 2.09. The summed E-state index contributed by atoms with van der Waals surface area (Å²) in [6.45, 7) is 1.77. The summed E-state index contributed by atoms with van der Waals surface area (Å²) in [5.41, 5.74) is 5.11. The Hall–Kier alpha value is -0.410. The SMILES string of the molecule is CC[C@@H](O)[C@H](N)C=O. The number of carbonyl (C=O) groups excluding carboxylic acids is 1. The normalized spacial score (nSPS) is 17.4. The number of rotatable bonds is 3. The molecular formula is C5H11NO2. The molecule has 0 unspecified atom stereocenters. The highest BCUT2D eigenvalue weighted by molar-refractivity contribution is 5.57. The minimum atomic E-state index is -0.708. The molecule has 0 amide bonds. The van der Waals surface area contributed by atoms with E-state index in [-0.39, 0.29) is 0 Å². The van der Waals surface area contributed by atoms with Crippen LogP contribution in [0.4, 0.5) is 0 Å². The fraction of sp³-hybridized carbons (Fsp3) is 0.800. The second-order valence-electron chi connectivity index (χ2n) is 1.69. The van der Waals surface area contributed by atoms with E-state index in [0.29, 0.717) is 12.7 Å². The predicted octanol–water partition coefficient (Wildman–Crippen LogP) is -0.717. The molecule has 0 bridgehead atoms. The van der Waals surface area contributed by atoms with E-state index < -0.39 is 12.1 Å². The minimum absolute atomic E-state index is 0.528. The first-order valence-corrected chi connectivity index (χ1v) is 2.61. The second kappa shape index (κ2) is 3.57. The molecule has 0 radical (unpaired) electrons. The standard InChI is InChI=1S/C5H11NO2/c1-2-5(8)4(6)3-7/h3-5,8H,2,6H2,1H3/t4-,5-/m1/s1. The molecule has 0 spiro atoms. The van der Waals surface area contributed by atoms with Crippen LogP contribution < -0.4 is 5.73 Å². The van der Waals surface area contributed by atoms with E-state index in [1.807, 2.05) is 0 Å². The maximum Gasteiger partial charge on any atom is 0.139 e. The Morgan fingerprint density at radius 1 is 1.88 bits per heavy atom. The smallest absolute Gasteiger partial charge is 0.139 e. The minimum Gasteiger partial charge on any atom is -0.391 e. The molecule has 0 aliphatic heterocycles. The van der Waals surface area contributed by atoms with Gasteiger partial charge in [0.15, 0.2) is 0 Å². The first-order valence-electron chi connectivity index (χ1n) is 2.61. The monoisotopic (exact) mass is 117 g/mol. The van der Waals surface area contributed by atoms with E-state index in [1.165, 1.54) is 0 Å². The molecule has 0 fully saturated rings. The van der Waals surface area contributed by atoms with Crippen LogP contribution in [-0.4, -0.2) is 23.5 Å². The van der Waals surface area contributed by atoms with Gasteiger partial charge in [0.05, 0.1) is 12.1 Å². The van der Waals surface area contributed by atoms with Gasteiger partial charge in [0.1, 0.15) is 6.29 Å². The molecular weight excluding hydrogens is 106 g/mol. The average Bonchev–Trinajstić information content (AvgIpc) is 1.84. The number of hydrogen-bond donors (Lipinski definition) is 2. The fourth-order valence-electron chi connectivity index (χ4n) is 0.363. The number of carbonyl (C=O) groups is 1. The van der Waals surface area contributed by atoms with Crippen LogP contribution in [-0.2, 0) is 4.79 Å². The van der Waals surface area contributed by atoms with Gasteiger partial charge >= 0.3 is 0 Å². The van der Waals surface area contributed by atoms with Crippen molar-refractivity contribution in [3.63, 3.8) is 0 Å². The number of aldehydes is 1. The third kappa shape index (κ3) is 2.04. The van der Waals surface area contributed by atoms with Crippen molar-refractivity contribution in [1.82, 2.24) is 0 Å². The maximum absolute atomic E-state index is 9.82. The fourth-order valence-corrected chi connectivity index (χ4v) is 0.363. The number of aliphatic hydroxyl groups is 1. The van der Waals surface area contributed by atoms with Crippen molar-refractivity contribution in [3.05, 3.63) is 0 Å². The Morgan fingerprint density at radius 3 is 2.50 bits per heavy atom. The molecule has 3 N–H and O–H groups in total. The summed E-state index contributed by atoms with van der Waals surface area (Å²) < 4.78 is 0. The van der Waals surface area contributed by atoms with Gasteiger partial charge in [0, 0.05) is 0 Å². The van der Waals surface area contributed by atoms with Crippen LogP contribution >= 0.6 is 0 Å². The molecule has 0 saturated carbocycles. The summed E-state index contributed by atoms with van der Waals surface area (Å²) in [6, 6.07) is -0.708. The molecule has 3 nitrogen and oxygen atoms in total. The van der Waals surface area contributed by atoms with Gasteiger partial charge in [0.2, 0.25) is 0 Å². The first-order chi connectivity index (χ1) is 3.72. The van der Waals surface area contributed by atoms with Gasteiger partial charge in [-0.1, -0.05) is 6.92 Å². The Labute approximate surface area is 48.5 Å². The van der Waals surface area contributed by atoms with Crippen molar-refractivity contribution in [2.75, 3.05) is 0 Å². The van der Waals surface area contributed by atoms with E-state index in [4.69, 9.17) is 10.8 Å². The molecule has 0 aromatic heterocycles. The van der Waals surface area contributed by atoms with Gasteiger partial charge in [-0.2, -0.15) is 0 Å². The predicted molar refractivity (Wildman–Crippen MR) is 30.3 cm³/mol. The van der Waals surface area contributed by atoms with Crippen LogP contribution in [0, 0.1) is 0 Å². The second-order valence-corrected chi connectivity index (χ2v) is 1.69.